The molecule has 0 spiro atoms. The summed E-state index contributed by atoms with van der Waals surface area (Å²) in [5.41, 5.74) is 4.19. The van der Waals surface area contributed by atoms with E-state index in [1.807, 2.05) is 0 Å². The molecule has 1 aliphatic carbocycles. The van der Waals surface area contributed by atoms with Gasteiger partial charge in [-0.05, 0) is 74.7 Å². The number of nitrogens with zero attached hydrogens (tertiary/aromatic N) is 2. The largest absolute Gasteiger partial charge is 0.302 e. The molecule has 2 aromatic carbocycles. The molecule has 0 aliphatic heterocycles. The van der Waals surface area contributed by atoms with Crippen LogP contribution in [0.5, 0.6) is 0 Å². The summed E-state index contributed by atoms with van der Waals surface area (Å²) in [5.74, 6) is 0.568. The first-order chi connectivity index (χ1) is 13.6. The van der Waals surface area contributed by atoms with Crippen LogP contribution in [0.15, 0.2) is 54.6 Å². The van der Waals surface area contributed by atoms with Crippen LogP contribution in [0.25, 0.3) is 0 Å². The van der Waals surface area contributed by atoms with Crippen molar-refractivity contribution in [1.82, 2.24) is 4.90 Å². The molecule has 1 aliphatic rings. The molecule has 1 fully saturated rings. The van der Waals surface area contributed by atoms with Gasteiger partial charge in [-0.3, -0.25) is 0 Å². The van der Waals surface area contributed by atoms with E-state index < -0.39 is 6.17 Å². The highest BCUT2D eigenvalue weighted by Crippen LogP contribution is 2.34. The van der Waals surface area contributed by atoms with E-state index in [0.29, 0.717) is 5.92 Å². The van der Waals surface area contributed by atoms with Crippen LogP contribution in [0.1, 0.15) is 61.6 Å². The minimum Gasteiger partial charge on any atom is -0.302 e. The second-order valence-corrected chi connectivity index (χ2v) is 7.74. The maximum atomic E-state index is 13.3. The summed E-state index contributed by atoms with van der Waals surface area (Å²) in [4.78, 5) is 2.39. The maximum absolute atomic E-state index is 13.3. The van der Waals surface area contributed by atoms with Crippen molar-refractivity contribution >= 4 is 0 Å². The smallest absolute Gasteiger partial charge is 0.100 e. The molecule has 0 aromatic heterocycles. The van der Waals surface area contributed by atoms with Gasteiger partial charge >= 0.3 is 0 Å². The first kappa shape index (κ1) is 22.1. The van der Waals surface area contributed by atoms with E-state index in [0.717, 1.165) is 45.2 Å². The van der Waals surface area contributed by atoms with Gasteiger partial charge in [0.25, 0.3) is 0 Å². The molecule has 2 nitrogen and oxygen atoms in total. The van der Waals surface area contributed by atoms with E-state index in [2.05, 4.69) is 66.5 Å². The number of hydrogen-bond donors (Lipinski definition) is 0. The number of aryl methyl sites for hydroxylation is 1. The van der Waals surface area contributed by atoms with Crippen molar-refractivity contribution in [3.63, 3.8) is 0 Å². The third-order valence-corrected chi connectivity index (χ3v) is 5.41. The van der Waals surface area contributed by atoms with Crippen LogP contribution in [0.3, 0.4) is 0 Å². The molecule has 1 saturated carbocycles. The molecule has 2 aromatic rings. The van der Waals surface area contributed by atoms with E-state index in [1.165, 1.54) is 30.0 Å². The van der Waals surface area contributed by atoms with E-state index in [9.17, 15) is 4.39 Å². The van der Waals surface area contributed by atoms with Crippen molar-refractivity contribution in [2.24, 2.45) is 0 Å². The SMILES string of the molecule is CC#N.CN(CCCc1ccc(C2CCC(F)CC2)cc1)Cc1ccccc1. The Hall–Kier alpha value is -2.18. The number of hydrogen-bond acceptors (Lipinski definition) is 2. The van der Waals surface area contributed by atoms with E-state index >= 15 is 0 Å². The Kier molecular flexibility index (Phi) is 9.72. The molecule has 150 valence electrons. The monoisotopic (exact) mass is 380 g/mol. The first-order valence-corrected chi connectivity index (χ1v) is 10.4. The molecule has 3 heteroatoms. The molecule has 28 heavy (non-hydrogen) atoms. The van der Waals surface area contributed by atoms with Gasteiger partial charge < -0.3 is 4.90 Å². The molecule has 0 unspecified atom stereocenters. The van der Waals surface area contributed by atoms with E-state index in [-0.39, 0.29) is 0 Å². The quantitative estimate of drug-likeness (QED) is 0.565. The Labute approximate surface area is 170 Å². The number of halogens is 1. The first-order valence-electron chi connectivity index (χ1n) is 10.4. The van der Waals surface area contributed by atoms with E-state index in [4.69, 9.17) is 5.26 Å². The number of benzene rings is 2. The summed E-state index contributed by atoms with van der Waals surface area (Å²) >= 11 is 0. The van der Waals surface area contributed by atoms with Crippen molar-refractivity contribution in [2.45, 2.75) is 64.1 Å². The van der Waals surface area contributed by atoms with Gasteiger partial charge in [0.15, 0.2) is 0 Å². The van der Waals surface area contributed by atoms with Gasteiger partial charge in [-0.15, -0.1) is 0 Å². The van der Waals surface area contributed by atoms with Gasteiger partial charge in [0.1, 0.15) is 6.17 Å². The topological polar surface area (TPSA) is 27.0 Å². The molecule has 0 saturated heterocycles. The fourth-order valence-electron chi connectivity index (χ4n) is 3.87. The van der Waals surface area contributed by atoms with Crippen LogP contribution < -0.4 is 0 Å². The van der Waals surface area contributed by atoms with Crippen molar-refractivity contribution in [1.29, 1.82) is 5.26 Å². The van der Waals surface area contributed by atoms with Crippen molar-refractivity contribution in [2.75, 3.05) is 13.6 Å². The standard InChI is InChI=1S/C23H30FN.C2H3N/c1-25(18-20-6-3-2-4-7-20)17-5-8-19-9-11-21(12-10-19)22-13-15-23(24)16-14-22;1-2-3/h2-4,6-7,9-12,22-23H,5,8,13-18H2,1H3;1H3. The zero-order valence-corrected chi connectivity index (χ0v) is 17.3. The molecule has 0 heterocycles. The number of alkyl halides is 1. The van der Waals surface area contributed by atoms with E-state index in [1.54, 1.807) is 6.07 Å². The Morgan fingerprint density at radius 1 is 0.964 bits per heavy atom. The molecule has 0 amide bonds. The van der Waals surface area contributed by atoms with Crippen LogP contribution in [0, 0.1) is 11.3 Å². The van der Waals surface area contributed by atoms with Gasteiger partial charge in [0.2, 0.25) is 0 Å². The number of nitriles is 1. The van der Waals surface area contributed by atoms with Gasteiger partial charge in [-0.1, -0.05) is 54.6 Å². The molecule has 0 N–H and O–H groups in total. The van der Waals surface area contributed by atoms with Crippen LogP contribution in [0.4, 0.5) is 4.39 Å². The summed E-state index contributed by atoms with van der Waals surface area (Å²) in [5, 5.41) is 7.32. The molecular formula is C25H33FN2. The van der Waals surface area contributed by atoms with Crippen molar-refractivity contribution in [3.8, 4) is 6.07 Å². The second kappa shape index (κ2) is 12.3. The Morgan fingerprint density at radius 3 is 2.18 bits per heavy atom. The van der Waals surface area contributed by atoms with Gasteiger partial charge in [0.05, 0.1) is 6.07 Å². The Balaban J connectivity index is 0.000000878. The minimum atomic E-state index is -0.566. The van der Waals surface area contributed by atoms with Gasteiger partial charge in [-0.25, -0.2) is 4.39 Å². The van der Waals surface area contributed by atoms with Crippen LogP contribution in [-0.2, 0) is 13.0 Å². The molecule has 0 atom stereocenters. The predicted molar refractivity (Wildman–Crippen MR) is 115 cm³/mol. The fraction of sp³-hybridized carbons (Fsp3) is 0.480. The highest BCUT2D eigenvalue weighted by Gasteiger charge is 2.21. The average Bonchev–Trinajstić information content (AvgIpc) is 2.71. The molecule has 0 radical (unpaired) electrons. The third-order valence-electron chi connectivity index (χ3n) is 5.41. The lowest BCUT2D eigenvalue weighted by atomic mass is 9.83. The normalized spacial score (nSPS) is 18.8. The fourth-order valence-corrected chi connectivity index (χ4v) is 3.87. The summed E-state index contributed by atoms with van der Waals surface area (Å²) < 4.78 is 13.3. The van der Waals surface area contributed by atoms with Crippen molar-refractivity contribution < 1.29 is 4.39 Å². The van der Waals surface area contributed by atoms with Crippen LogP contribution in [0.2, 0.25) is 0 Å². The van der Waals surface area contributed by atoms with Crippen LogP contribution in [-0.4, -0.2) is 24.7 Å². The predicted octanol–water partition coefficient (Wildman–Crippen LogP) is 6.28. The average molecular weight is 381 g/mol. The van der Waals surface area contributed by atoms with Crippen molar-refractivity contribution in [3.05, 3.63) is 71.3 Å². The Morgan fingerprint density at radius 2 is 1.57 bits per heavy atom. The highest BCUT2D eigenvalue weighted by atomic mass is 19.1. The Bertz CT molecular complexity index is 698. The van der Waals surface area contributed by atoms with Gasteiger partial charge in [-0.2, -0.15) is 5.26 Å². The highest BCUT2D eigenvalue weighted by molar-refractivity contribution is 5.26. The molecule has 0 bridgehead atoms. The zero-order valence-electron chi connectivity index (χ0n) is 17.3. The lowest BCUT2D eigenvalue weighted by Crippen LogP contribution is -2.19. The third kappa shape index (κ3) is 7.82. The maximum Gasteiger partial charge on any atom is 0.100 e. The summed E-state index contributed by atoms with van der Waals surface area (Å²) in [6, 6.07) is 21.5. The molecule has 3 rings (SSSR count). The summed E-state index contributed by atoms with van der Waals surface area (Å²) in [7, 11) is 2.19. The number of rotatable bonds is 7. The zero-order chi connectivity index (χ0) is 20.2. The lowest BCUT2D eigenvalue weighted by Gasteiger charge is -2.24. The summed E-state index contributed by atoms with van der Waals surface area (Å²) in [6.45, 7) is 3.55. The van der Waals surface area contributed by atoms with Crippen LogP contribution >= 0.6 is 0 Å². The second-order valence-electron chi connectivity index (χ2n) is 7.74. The van der Waals surface area contributed by atoms with Gasteiger partial charge in [0, 0.05) is 13.5 Å². The lowest BCUT2D eigenvalue weighted by molar-refractivity contribution is 0.235. The summed E-state index contributed by atoms with van der Waals surface area (Å²) in [6.07, 6.45) is 5.21. The minimum absolute atomic E-state index is 0.566. The molecular weight excluding hydrogens is 347 g/mol.